The minimum absolute atomic E-state index is 0.114. The molecule has 0 saturated heterocycles. The van der Waals surface area contributed by atoms with Gasteiger partial charge in [0.2, 0.25) is 5.12 Å². The van der Waals surface area contributed by atoms with Gasteiger partial charge in [0.25, 0.3) is 0 Å². The number of aromatic nitrogens is 4. The fourth-order valence-electron chi connectivity index (χ4n) is 3.01. The highest BCUT2D eigenvalue weighted by molar-refractivity contribution is 8.14. The van der Waals surface area contributed by atoms with E-state index in [0.717, 1.165) is 0 Å². The van der Waals surface area contributed by atoms with Crippen LogP contribution in [0.3, 0.4) is 0 Å². The molecule has 0 amide bonds. The molecule has 0 unspecified atom stereocenters. The van der Waals surface area contributed by atoms with Gasteiger partial charge < -0.3 is 19.6 Å². The van der Waals surface area contributed by atoms with Gasteiger partial charge in [-0.3, -0.25) is 9.36 Å². The first kappa shape index (κ1) is 25.2. The molecular formula is C21H29N6O4PS. The highest BCUT2D eigenvalue weighted by Gasteiger charge is 2.31. The number of nitrogens with one attached hydrogen (secondary N) is 1. The molecular weight excluding hydrogens is 463 g/mol. The Kier molecular flexibility index (Phi) is 8.47. The smallest absolute Gasteiger partial charge is 0.342 e. The lowest BCUT2D eigenvalue weighted by atomic mass is 10.3. The van der Waals surface area contributed by atoms with Crippen LogP contribution >= 0.6 is 19.3 Å². The van der Waals surface area contributed by atoms with E-state index in [4.69, 9.17) is 15.0 Å². The van der Waals surface area contributed by atoms with E-state index in [1.165, 1.54) is 18.1 Å². The van der Waals surface area contributed by atoms with Crippen molar-refractivity contribution in [3.05, 3.63) is 43.0 Å². The number of nitrogens with zero attached hydrogens (tertiary/aromatic N) is 4. The van der Waals surface area contributed by atoms with Crippen molar-refractivity contribution in [1.29, 1.82) is 0 Å². The average Bonchev–Trinajstić information content (AvgIpc) is 3.16. The number of para-hydroxylation sites is 1. The Labute approximate surface area is 197 Å². The molecule has 0 spiro atoms. The Bertz CT molecular complexity index is 1130. The molecule has 12 heteroatoms. The van der Waals surface area contributed by atoms with Gasteiger partial charge in [0.15, 0.2) is 11.5 Å². The lowest BCUT2D eigenvalue weighted by Gasteiger charge is -2.25. The third kappa shape index (κ3) is 7.01. The summed E-state index contributed by atoms with van der Waals surface area (Å²) in [6.07, 6.45) is 2.40. The molecule has 10 nitrogen and oxygen atoms in total. The van der Waals surface area contributed by atoms with E-state index in [9.17, 15) is 9.36 Å². The van der Waals surface area contributed by atoms with Crippen LogP contribution in [-0.4, -0.2) is 48.4 Å². The van der Waals surface area contributed by atoms with Gasteiger partial charge in [-0.05, 0) is 26.0 Å². The lowest BCUT2D eigenvalue weighted by molar-refractivity contribution is -0.112. The van der Waals surface area contributed by atoms with Gasteiger partial charge in [0.1, 0.15) is 23.9 Å². The number of ether oxygens (including phenoxy) is 1. The van der Waals surface area contributed by atoms with E-state index < -0.39 is 13.6 Å². The predicted molar refractivity (Wildman–Crippen MR) is 130 cm³/mol. The molecule has 2 heterocycles. The summed E-state index contributed by atoms with van der Waals surface area (Å²) < 4.78 is 27.2. The molecule has 0 fully saturated rings. The highest BCUT2D eigenvalue weighted by atomic mass is 32.2. The fraction of sp³-hybridized carbons (Fsp3) is 0.429. The second kappa shape index (κ2) is 11.1. The summed E-state index contributed by atoms with van der Waals surface area (Å²) in [5.41, 5.74) is 6.94. The minimum Gasteiger partial charge on any atom is -0.431 e. The Morgan fingerprint density at radius 1 is 1.18 bits per heavy atom. The maximum absolute atomic E-state index is 13.7. The highest BCUT2D eigenvalue weighted by Crippen LogP contribution is 2.44. The van der Waals surface area contributed by atoms with Crippen molar-refractivity contribution in [2.24, 2.45) is 0 Å². The number of nitrogens with two attached hydrogens (primary N) is 1. The zero-order valence-corrected chi connectivity index (χ0v) is 20.8. The van der Waals surface area contributed by atoms with Crippen molar-refractivity contribution in [2.75, 3.05) is 12.1 Å². The quantitative estimate of drug-likeness (QED) is 0.382. The fourth-order valence-corrected chi connectivity index (χ4v) is 5.63. The van der Waals surface area contributed by atoms with Crippen LogP contribution in [0.1, 0.15) is 27.7 Å². The first-order chi connectivity index (χ1) is 15.7. The predicted octanol–water partition coefficient (Wildman–Crippen LogP) is 3.69. The number of benzene rings is 1. The van der Waals surface area contributed by atoms with Crippen LogP contribution in [-0.2, 0) is 20.6 Å². The third-order valence-corrected chi connectivity index (χ3v) is 7.34. The van der Waals surface area contributed by atoms with Gasteiger partial charge in [-0.25, -0.2) is 20.0 Å². The Hall–Kier alpha value is -2.46. The van der Waals surface area contributed by atoms with Crippen molar-refractivity contribution in [3.8, 4) is 5.75 Å². The molecule has 3 aromatic rings. The Morgan fingerprint density at radius 2 is 1.91 bits per heavy atom. The molecule has 3 rings (SSSR count). The number of hydrogen-bond acceptors (Lipinski definition) is 9. The van der Waals surface area contributed by atoms with E-state index in [-0.39, 0.29) is 22.8 Å². The number of carbonyl (C=O) groups is 1. The number of hydrogen-bond donors (Lipinski definition) is 2. The summed E-state index contributed by atoms with van der Waals surface area (Å²) in [5.74, 6) is 0.726. The minimum atomic E-state index is -3.57. The van der Waals surface area contributed by atoms with Crippen LogP contribution in [0.5, 0.6) is 5.75 Å². The van der Waals surface area contributed by atoms with Gasteiger partial charge in [0, 0.05) is 5.25 Å². The van der Waals surface area contributed by atoms with E-state index in [1.54, 1.807) is 42.1 Å². The normalized spacial score (nSPS) is 15.3. The molecule has 33 heavy (non-hydrogen) atoms. The van der Waals surface area contributed by atoms with Gasteiger partial charge in [0.05, 0.1) is 25.0 Å². The van der Waals surface area contributed by atoms with Crippen LogP contribution in [0.4, 0.5) is 5.82 Å². The molecule has 0 bridgehead atoms. The van der Waals surface area contributed by atoms with E-state index in [1.807, 2.05) is 26.8 Å². The zero-order chi connectivity index (χ0) is 24.0. The molecule has 3 N–H and O–H groups in total. The molecule has 178 valence electrons. The first-order valence-corrected chi connectivity index (χ1v) is 13.2. The Balaban J connectivity index is 1.70. The van der Waals surface area contributed by atoms with Crippen LogP contribution in [0.25, 0.3) is 11.2 Å². The van der Waals surface area contributed by atoms with E-state index in [0.29, 0.717) is 29.3 Å². The summed E-state index contributed by atoms with van der Waals surface area (Å²) >= 11 is 1.19. The molecule has 1 aromatic carbocycles. The number of imidazole rings is 1. The number of anilines is 1. The summed E-state index contributed by atoms with van der Waals surface area (Å²) in [5, 5.41) is 2.89. The molecule has 0 aliphatic heterocycles. The molecule has 0 aliphatic rings. The molecule has 2 aromatic heterocycles. The maximum atomic E-state index is 13.7. The second-order valence-electron chi connectivity index (χ2n) is 7.85. The molecule has 0 saturated carbocycles. The van der Waals surface area contributed by atoms with Crippen LogP contribution < -0.4 is 15.3 Å². The monoisotopic (exact) mass is 492 g/mol. The third-order valence-electron chi connectivity index (χ3n) is 4.50. The largest absolute Gasteiger partial charge is 0.431 e. The van der Waals surface area contributed by atoms with Crippen LogP contribution in [0, 0.1) is 0 Å². The van der Waals surface area contributed by atoms with Gasteiger partial charge in [-0.2, -0.15) is 0 Å². The SMILES string of the molecule is CC(C)SC(=O)[C@H](C)N[P@@](=O)(CO[C@H](C)Cn1cnc2c(N)ncnc21)Oc1ccccc1. The Morgan fingerprint density at radius 3 is 2.61 bits per heavy atom. The molecule has 0 radical (unpaired) electrons. The first-order valence-electron chi connectivity index (χ1n) is 10.5. The second-order valence-corrected chi connectivity index (χ2v) is 11.5. The summed E-state index contributed by atoms with van der Waals surface area (Å²) in [4.78, 5) is 24.8. The summed E-state index contributed by atoms with van der Waals surface area (Å²) in [6.45, 7) is 7.77. The van der Waals surface area contributed by atoms with Crippen molar-refractivity contribution in [3.63, 3.8) is 0 Å². The molecule has 0 aliphatic carbocycles. The van der Waals surface area contributed by atoms with Crippen molar-refractivity contribution >= 4 is 41.4 Å². The topological polar surface area (TPSA) is 134 Å². The maximum Gasteiger partial charge on any atom is 0.342 e. The average molecular weight is 493 g/mol. The van der Waals surface area contributed by atoms with Gasteiger partial charge >= 0.3 is 7.52 Å². The van der Waals surface area contributed by atoms with Crippen molar-refractivity contribution in [1.82, 2.24) is 24.6 Å². The summed E-state index contributed by atoms with van der Waals surface area (Å²) in [7, 11) is -3.57. The zero-order valence-electron chi connectivity index (χ0n) is 19.0. The van der Waals surface area contributed by atoms with Crippen molar-refractivity contribution < 1.29 is 18.6 Å². The van der Waals surface area contributed by atoms with Crippen LogP contribution in [0.2, 0.25) is 0 Å². The van der Waals surface area contributed by atoms with Gasteiger partial charge in [-0.1, -0.05) is 43.8 Å². The number of thioether (sulfide) groups is 1. The standard InChI is InChI=1S/C21H29N6O4PS/c1-14(2)33-21(28)16(4)26-32(29,31-17-8-6-5-7-9-17)13-30-15(3)10-27-12-25-18-19(22)23-11-24-20(18)27/h5-9,11-12,14-16H,10,13H2,1-4H3,(H,26,29)(H2,22,23,24)/t15-,16+,32-/m1/s1. The van der Waals surface area contributed by atoms with Crippen LogP contribution in [0.15, 0.2) is 43.0 Å². The number of nitrogen functional groups attached to an aromatic ring is 1. The number of fused-ring (bicyclic) bond motifs is 1. The van der Waals surface area contributed by atoms with E-state index >= 15 is 0 Å². The number of rotatable bonds is 11. The van der Waals surface area contributed by atoms with E-state index in [2.05, 4.69) is 20.0 Å². The van der Waals surface area contributed by atoms with Crippen molar-refractivity contribution in [2.45, 2.75) is 51.6 Å². The van der Waals surface area contributed by atoms with Gasteiger partial charge in [-0.15, -0.1) is 0 Å². The lowest BCUT2D eigenvalue weighted by Crippen LogP contribution is -2.34. The summed E-state index contributed by atoms with van der Waals surface area (Å²) in [6, 6.07) is 8.13. The number of carbonyl (C=O) groups excluding carboxylic acids is 1. The molecule has 3 atom stereocenters.